The molecule has 0 aromatic heterocycles. The van der Waals surface area contributed by atoms with Gasteiger partial charge < -0.3 is 10.2 Å². The molecule has 4 heteroatoms. The average Bonchev–Trinajstić information content (AvgIpc) is 2.41. The van der Waals surface area contributed by atoms with Gasteiger partial charge >= 0.3 is 0 Å². The van der Waals surface area contributed by atoms with Gasteiger partial charge in [0.2, 0.25) is 5.91 Å². The molecule has 0 saturated carbocycles. The van der Waals surface area contributed by atoms with Gasteiger partial charge in [0.15, 0.2) is 0 Å². The van der Waals surface area contributed by atoms with Crippen molar-refractivity contribution in [3.63, 3.8) is 0 Å². The summed E-state index contributed by atoms with van der Waals surface area (Å²) < 4.78 is 1.15. The molecule has 1 aromatic rings. The van der Waals surface area contributed by atoms with E-state index in [1.54, 1.807) is 6.92 Å². The van der Waals surface area contributed by atoms with Gasteiger partial charge in [-0.15, -0.1) is 0 Å². The fraction of sp³-hybridized carbons (Fsp3) is 0.562. The summed E-state index contributed by atoms with van der Waals surface area (Å²) >= 11 is 3.61. The number of likely N-dealkylation sites (tertiary alicyclic amines) is 1. The van der Waals surface area contributed by atoms with Gasteiger partial charge in [-0.3, -0.25) is 4.79 Å². The van der Waals surface area contributed by atoms with Crippen molar-refractivity contribution in [2.75, 3.05) is 13.1 Å². The average molecular weight is 339 g/mol. The molecule has 110 valence electrons. The van der Waals surface area contributed by atoms with E-state index in [-0.39, 0.29) is 5.91 Å². The number of piperidine rings is 1. The van der Waals surface area contributed by atoms with Gasteiger partial charge in [-0.25, -0.2) is 0 Å². The van der Waals surface area contributed by atoms with E-state index in [0.29, 0.717) is 18.0 Å². The van der Waals surface area contributed by atoms with Gasteiger partial charge in [-0.1, -0.05) is 41.1 Å². The molecule has 0 aliphatic carbocycles. The van der Waals surface area contributed by atoms with Crippen LogP contribution in [-0.4, -0.2) is 29.9 Å². The van der Waals surface area contributed by atoms with E-state index in [9.17, 15) is 4.79 Å². The zero-order valence-electron chi connectivity index (χ0n) is 12.4. The normalized spacial score (nSPS) is 24.5. The van der Waals surface area contributed by atoms with Crippen molar-refractivity contribution in [3.8, 4) is 0 Å². The number of hydrogen-bond acceptors (Lipinski definition) is 2. The van der Waals surface area contributed by atoms with Crippen LogP contribution in [0.2, 0.25) is 0 Å². The Balaban J connectivity index is 1.97. The summed E-state index contributed by atoms with van der Waals surface area (Å²) in [6.45, 7) is 7.80. The molecule has 1 aliphatic heterocycles. The number of nitrogens with zero attached hydrogens (tertiary/aromatic N) is 1. The van der Waals surface area contributed by atoms with Crippen LogP contribution < -0.4 is 5.32 Å². The number of hydrogen-bond donors (Lipinski definition) is 1. The number of amides is 1. The van der Waals surface area contributed by atoms with Crippen LogP contribution in [-0.2, 0) is 4.79 Å². The molecule has 2 rings (SSSR count). The minimum absolute atomic E-state index is 0.189. The van der Waals surface area contributed by atoms with Crippen molar-refractivity contribution >= 4 is 21.8 Å². The number of halogens is 1. The Labute approximate surface area is 129 Å². The maximum absolute atomic E-state index is 11.4. The molecule has 0 bridgehead atoms. The molecule has 0 unspecified atom stereocenters. The molecular formula is C16H23BrN2O. The minimum atomic E-state index is 0.189. The molecule has 1 amide bonds. The highest BCUT2D eigenvalue weighted by Crippen LogP contribution is 2.25. The standard InChI is InChI=1S/C16H23BrN2O/c1-11-10-19(13(3)20)9-8-16(11)18-12(2)14-6-4-5-7-15(14)17/h4-7,11-12,16,18H,8-10H2,1-3H3/t11-,12-,16+/m1/s1. The topological polar surface area (TPSA) is 32.3 Å². The summed E-state index contributed by atoms with van der Waals surface area (Å²) in [5.74, 6) is 0.673. The van der Waals surface area contributed by atoms with Gasteiger partial charge in [0, 0.05) is 36.6 Å². The number of nitrogens with one attached hydrogen (secondary N) is 1. The second kappa shape index (κ2) is 6.72. The number of benzene rings is 1. The maximum Gasteiger partial charge on any atom is 0.219 e. The smallest absolute Gasteiger partial charge is 0.219 e. The Hall–Kier alpha value is -0.870. The Kier molecular flexibility index (Phi) is 5.22. The molecule has 20 heavy (non-hydrogen) atoms. The Morgan fingerprint density at radius 3 is 2.75 bits per heavy atom. The quantitative estimate of drug-likeness (QED) is 0.916. The zero-order chi connectivity index (χ0) is 14.7. The van der Waals surface area contributed by atoms with E-state index in [4.69, 9.17) is 0 Å². The zero-order valence-corrected chi connectivity index (χ0v) is 14.0. The van der Waals surface area contributed by atoms with E-state index >= 15 is 0 Å². The highest BCUT2D eigenvalue weighted by atomic mass is 79.9. The summed E-state index contributed by atoms with van der Waals surface area (Å²) in [7, 11) is 0. The molecule has 3 atom stereocenters. The molecule has 1 N–H and O–H groups in total. The molecule has 1 heterocycles. The monoisotopic (exact) mass is 338 g/mol. The number of carbonyl (C=O) groups is 1. The van der Waals surface area contributed by atoms with Crippen LogP contribution in [0.4, 0.5) is 0 Å². The first-order valence-corrected chi connectivity index (χ1v) is 8.04. The van der Waals surface area contributed by atoms with Crippen LogP contribution in [0.5, 0.6) is 0 Å². The minimum Gasteiger partial charge on any atom is -0.343 e. The van der Waals surface area contributed by atoms with Crippen molar-refractivity contribution < 1.29 is 4.79 Å². The number of carbonyl (C=O) groups excluding carboxylic acids is 1. The molecule has 3 nitrogen and oxygen atoms in total. The highest BCUT2D eigenvalue weighted by molar-refractivity contribution is 9.10. The van der Waals surface area contributed by atoms with Gasteiger partial charge in [-0.05, 0) is 30.9 Å². The van der Waals surface area contributed by atoms with Gasteiger partial charge in [0.1, 0.15) is 0 Å². The third-order valence-corrected chi connectivity index (χ3v) is 4.91. The molecule has 1 aliphatic rings. The van der Waals surface area contributed by atoms with E-state index in [1.807, 2.05) is 11.0 Å². The highest BCUT2D eigenvalue weighted by Gasteiger charge is 2.28. The lowest BCUT2D eigenvalue weighted by Gasteiger charge is -2.38. The fourth-order valence-corrected chi connectivity index (χ4v) is 3.54. The first-order chi connectivity index (χ1) is 9.49. The van der Waals surface area contributed by atoms with Gasteiger partial charge in [0.25, 0.3) is 0 Å². The van der Waals surface area contributed by atoms with Crippen LogP contribution in [0.15, 0.2) is 28.7 Å². The van der Waals surface area contributed by atoms with Crippen molar-refractivity contribution in [1.82, 2.24) is 10.2 Å². The summed E-state index contributed by atoms with van der Waals surface area (Å²) in [5, 5.41) is 3.72. The van der Waals surface area contributed by atoms with E-state index in [2.05, 4.69) is 53.3 Å². The van der Waals surface area contributed by atoms with Gasteiger partial charge in [-0.2, -0.15) is 0 Å². The van der Waals surface area contributed by atoms with Crippen LogP contribution >= 0.6 is 15.9 Å². The Morgan fingerprint density at radius 1 is 1.45 bits per heavy atom. The Bertz CT molecular complexity index is 477. The fourth-order valence-electron chi connectivity index (χ4n) is 2.92. The third-order valence-electron chi connectivity index (χ3n) is 4.19. The van der Waals surface area contributed by atoms with Crippen LogP contribution in [0.25, 0.3) is 0 Å². The summed E-state index contributed by atoms with van der Waals surface area (Å²) in [4.78, 5) is 13.4. The molecule has 1 fully saturated rings. The van der Waals surface area contributed by atoms with Crippen molar-refractivity contribution in [3.05, 3.63) is 34.3 Å². The molecule has 1 aromatic carbocycles. The van der Waals surface area contributed by atoms with E-state index < -0.39 is 0 Å². The predicted molar refractivity (Wildman–Crippen MR) is 85.5 cm³/mol. The van der Waals surface area contributed by atoms with Crippen LogP contribution in [0.3, 0.4) is 0 Å². The van der Waals surface area contributed by atoms with Crippen molar-refractivity contribution in [1.29, 1.82) is 0 Å². The SMILES string of the molecule is CC(=O)N1CC[C@H](N[C@H](C)c2ccccc2Br)[C@H](C)C1. The first kappa shape index (κ1) is 15.5. The first-order valence-electron chi connectivity index (χ1n) is 7.25. The Morgan fingerprint density at radius 2 is 2.15 bits per heavy atom. The van der Waals surface area contributed by atoms with Gasteiger partial charge in [0.05, 0.1) is 0 Å². The van der Waals surface area contributed by atoms with Crippen molar-refractivity contribution in [2.24, 2.45) is 5.92 Å². The predicted octanol–water partition coefficient (Wildman–Crippen LogP) is 3.36. The summed E-state index contributed by atoms with van der Waals surface area (Å²) in [6.07, 6.45) is 1.02. The largest absolute Gasteiger partial charge is 0.343 e. The van der Waals surface area contributed by atoms with E-state index in [0.717, 1.165) is 24.0 Å². The lowest BCUT2D eigenvalue weighted by Crippen LogP contribution is -2.50. The van der Waals surface area contributed by atoms with Crippen molar-refractivity contribution in [2.45, 2.75) is 39.3 Å². The summed E-state index contributed by atoms with van der Waals surface area (Å²) in [5.41, 5.74) is 1.29. The lowest BCUT2D eigenvalue weighted by atomic mass is 9.92. The van der Waals surface area contributed by atoms with Crippen LogP contribution in [0, 0.1) is 5.92 Å². The number of rotatable bonds is 3. The second-order valence-corrected chi connectivity index (χ2v) is 6.60. The van der Waals surface area contributed by atoms with E-state index in [1.165, 1.54) is 5.56 Å². The molecule has 0 spiro atoms. The lowest BCUT2D eigenvalue weighted by molar-refractivity contribution is -0.130. The second-order valence-electron chi connectivity index (χ2n) is 5.75. The molecule has 0 radical (unpaired) electrons. The third kappa shape index (κ3) is 3.61. The maximum atomic E-state index is 11.4. The molecule has 1 saturated heterocycles. The van der Waals surface area contributed by atoms with Crippen LogP contribution in [0.1, 0.15) is 38.8 Å². The summed E-state index contributed by atoms with van der Waals surface area (Å²) in [6, 6.07) is 9.11. The molecular weight excluding hydrogens is 316 g/mol.